The highest BCUT2D eigenvalue weighted by atomic mass is 32.2. The second-order valence-corrected chi connectivity index (χ2v) is 6.87. The topological polar surface area (TPSA) is 76.1 Å². The summed E-state index contributed by atoms with van der Waals surface area (Å²) in [4.78, 5) is 12.3. The molecule has 8 heteroatoms. The van der Waals surface area contributed by atoms with Crippen molar-refractivity contribution in [2.24, 2.45) is 0 Å². The molecule has 0 aliphatic carbocycles. The molecule has 0 spiro atoms. The summed E-state index contributed by atoms with van der Waals surface area (Å²) < 4.78 is 6.26. The van der Waals surface area contributed by atoms with E-state index in [1.54, 1.807) is 7.05 Å². The van der Waals surface area contributed by atoms with Crippen molar-refractivity contribution in [3.05, 3.63) is 24.3 Å². The van der Waals surface area contributed by atoms with Gasteiger partial charge < -0.3 is 15.4 Å². The zero-order chi connectivity index (χ0) is 15.9. The van der Waals surface area contributed by atoms with Gasteiger partial charge in [-0.1, -0.05) is 35.2 Å². The SMILES string of the molecule is CCOc1ccccc1NC(=O)[C@@H](C)Sc1nnc(NC)s1. The highest BCUT2D eigenvalue weighted by Crippen LogP contribution is 2.30. The van der Waals surface area contributed by atoms with E-state index >= 15 is 0 Å². The molecule has 0 bridgehead atoms. The number of nitrogens with one attached hydrogen (secondary N) is 2. The van der Waals surface area contributed by atoms with E-state index in [-0.39, 0.29) is 11.2 Å². The molecule has 0 aliphatic rings. The Bertz CT molecular complexity index is 633. The van der Waals surface area contributed by atoms with Crippen molar-refractivity contribution in [1.29, 1.82) is 0 Å². The van der Waals surface area contributed by atoms with E-state index in [0.717, 1.165) is 9.47 Å². The average molecular weight is 338 g/mol. The van der Waals surface area contributed by atoms with E-state index in [1.165, 1.54) is 23.1 Å². The minimum atomic E-state index is -0.285. The lowest BCUT2D eigenvalue weighted by Gasteiger charge is -2.13. The van der Waals surface area contributed by atoms with Crippen LogP contribution < -0.4 is 15.4 Å². The summed E-state index contributed by atoms with van der Waals surface area (Å²) in [5.41, 5.74) is 0.676. The molecule has 1 aromatic carbocycles. The normalized spacial score (nSPS) is 11.8. The Labute approximate surface area is 137 Å². The standard InChI is InChI=1S/C14H18N4O2S2/c1-4-20-11-8-6-5-7-10(11)16-12(19)9(2)21-14-18-17-13(15-3)22-14/h5-9H,4H2,1-3H3,(H,15,17)(H,16,19)/t9-/m1/s1. The molecule has 1 amide bonds. The van der Waals surface area contributed by atoms with E-state index in [4.69, 9.17) is 4.74 Å². The molecule has 6 nitrogen and oxygen atoms in total. The van der Waals surface area contributed by atoms with Crippen molar-refractivity contribution in [3.8, 4) is 5.75 Å². The zero-order valence-corrected chi connectivity index (χ0v) is 14.3. The Kier molecular flexibility index (Phi) is 6.02. The predicted molar refractivity (Wildman–Crippen MR) is 91.0 cm³/mol. The third-order valence-corrected chi connectivity index (χ3v) is 4.84. The Morgan fingerprint density at radius 2 is 2.18 bits per heavy atom. The molecule has 0 saturated heterocycles. The van der Waals surface area contributed by atoms with Gasteiger partial charge >= 0.3 is 0 Å². The van der Waals surface area contributed by atoms with Crippen LogP contribution in [0.1, 0.15) is 13.8 Å². The van der Waals surface area contributed by atoms with Gasteiger partial charge in [0.05, 0.1) is 17.5 Å². The first-order valence-electron chi connectivity index (χ1n) is 6.84. The largest absolute Gasteiger partial charge is 0.492 e. The predicted octanol–water partition coefficient (Wildman–Crippen LogP) is 3.10. The van der Waals surface area contributed by atoms with Crippen LogP contribution in [-0.2, 0) is 4.79 Å². The number of rotatable bonds is 7. The lowest BCUT2D eigenvalue weighted by atomic mass is 10.3. The van der Waals surface area contributed by atoms with Gasteiger partial charge in [0.25, 0.3) is 0 Å². The summed E-state index contributed by atoms with van der Waals surface area (Å²) in [5.74, 6) is 0.572. The minimum absolute atomic E-state index is 0.0987. The fraction of sp³-hybridized carbons (Fsp3) is 0.357. The maximum atomic E-state index is 12.3. The summed E-state index contributed by atoms with van der Waals surface area (Å²) in [6.45, 7) is 4.30. The van der Waals surface area contributed by atoms with Crippen LogP contribution in [0, 0.1) is 0 Å². The number of benzene rings is 1. The summed E-state index contributed by atoms with van der Waals surface area (Å²) in [6, 6.07) is 7.39. The number of thioether (sulfide) groups is 1. The highest BCUT2D eigenvalue weighted by molar-refractivity contribution is 8.02. The van der Waals surface area contributed by atoms with Crippen LogP contribution in [0.2, 0.25) is 0 Å². The molecule has 0 radical (unpaired) electrons. The Morgan fingerprint density at radius 3 is 2.86 bits per heavy atom. The molecule has 22 heavy (non-hydrogen) atoms. The Hall–Kier alpha value is -1.80. The summed E-state index contributed by atoms with van der Waals surface area (Å²) in [5, 5.41) is 14.2. The van der Waals surface area contributed by atoms with Gasteiger partial charge in [0.2, 0.25) is 11.0 Å². The van der Waals surface area contributed by atoms with Gasteiger partial charge in [0, 0.05) is 7.05 Å². The van der Waals surface area contributed by atoms with Gasteiger partial charge in [-0.2, -0.15) is 0 Å². The number of ether oxygens (including phenoxy) is 1. The molecule has 1 aromatic heterocycles. The first kappa shape index (κ1) is 16.6. The lowest BCUT2D eigenvalue weighted by Crippen LogP contribution is -2.22. The summed E-state index contributed by atoms with van der Waals surface area (Å²) in [6.07, 6.45) is 0. The number of carbonyl (C=O) groups is 1. The van der Waals surface area contributed by atoms with Crippen LogP contribution in [0.15, 0.2) is 28.6 Å². The van der Waals surface area contributed by atoms with Gasteiger partial charge in [-0.05, 0) is 26.0 Å². The Morgan fingerprint density at radius 1 is 1.41 bits per heavy atom. The van der Waals surface area contributed by atoms with Crippen molar-refractivity contribution in [1.82, 2.24) is 10.2 Å². The number of para-hydroxylation sites is 2. The number of amides is 1. The van der Waals surface area contributed by atoms with Gasteiger partial charge in [-0.15, -0.1) is 10.2 Å². The van der Waals surface area contributed by atoms with E-state index in [2.05, 4.69) is 20.8 Å². The molecular weight excluding hydrogens is 320 g/mol. The molecule has 1 atom stereocenters. The Balaban J connectivity index is 1.99. The molecule has 2 aromatic rings. The molecule has 0 unspecified atom stereocenters. The summed E-state index contributed by atoms with van der Waals surface area (Å²) in [7, 11) is 1.79. The molecule has 2 rings (SSSR count). The monoisotopic (exact) mass is 338 g/mol. The van der Waals surface area contributed by atoms with E-state index in [9.17, 15) is 4.79 Å². The van der Waals surface area contributed by atoms with Crippen molar-refractivity contribution < 1.29 is 9.53 Å². The third-order valence-electron chi connectivity index (χ3n) is 2.71. The van der Waals surface area contributed by atoms with Crippen LogP contribution in [0.3, 0.4) is 0 Å². The molecule has 0 aliphatic heterocycles. The second kappa shape index (κ2) is 8.00. The molecule has 0 saturated carbocycles. The van der Waals surface area contributed by atoms with Crippen LogP contribution in [0.4, 0.5) is 10.8 Å². The third kappa shape index (κ3) is 4.35. The molecule has 118 valence electrons. The second-order valence-electron chi connectivity index (χ2n) is 4.30. The number of aromatic nitrogens is 2. The number of nitrogens with zero attached hydrogens (tertiary/aromatic N) is 2. The van der Waals surface area contributed by atoms with Gasteiger partial charge in [0.15, 0.2) is 4.34 Å². The number of hydrogen-bond donors (Lipinski definition) is 2. The van der Waals surface area contributed by atoms with Crippen LogP contribution >= 0.6 is 23.1 Å². The fourth-order valence-corrected chi connectivity index (χ4v) is 3.50. The lowest BCUT2D eigenvalue weighted by molar-refractivity contribution is -0.115. The number of carbonyl (C=O) groups excluding carboxylic acids is 1. The van der Waals surface area contributed by atoms with Gasteiger partial charge in [0.1, 0.15) is 5.75 Å². The van der Waals surface area contributed by atoms with E-state index in [1.807, 2.05) is 38.1 Å². The zero-order valence-electron chi connectivity index (χ0n) is 12.6. The van der Waals surface area contributed by atoms with Crippen molar-refractivity contribution in [2.45, 2.75) is 23.4 Å². The molecule has 2 N–H and O–H groups in total. The average Bonchev–Trinajstić information content (AvgIpc) is 2.97. The smallest absolute Gasteiger partial charge is 0.237 e. The van der Waals surface area contributed by atoms with Crippen LogP contribution in [-0.4, -0.2) is 35.0 Å². The van der Waals surface area contributed by atoms with Crippen LogP contribution in [0.25, 0.3) is 0 Å². The maximum Gasteiger partial charge on any atom is 0.237 e. The summed E-state index contributed by atoms with van der Waals surface area (Å²) >= 11 is 2.80. The van der Waals surface area contributed by atoms with E-state index < -0.39 is 0 Å². The first-order valence-corrected chi connectivity index (χ1v) is 8.54. The maximum absolute atomic E-state index is 12.3. The first-order chi connectivity index (χ1) is 10.6. The molecule has 0 fully saturated rings. The van der Waals surface area contributed by atoms with Crippen molar-refractivity contribution in [2.75, 3.05) is 24.3 Å². The van der Waals surface area contributed by atoms with Gasteiger partial charge in [-0.3, -0.25) is 4.79 Å². The van der Waals surface area contributed by atoms with Gasteiger partial charge in [-0.25, -0.2) is 0 Å². The highest BCUT2D eigenvalue weighted by Gasteiger charge is 2.18. The quantitative estimate of drug-likeness (QED) is 0.756. The number of hydrogen-bond acceptors (Lipinski definition) is 7. The van der Waals surface area contributed by atoms with Crippen molar-refractivity contribution in [3.63, 3.8) is 0 Å². The van der Waals surface area contributed by atoms with Crippen LogP contribution in [0.5, 0.6) is 5.75 Å². The number of anilines is 2. The van der Waals surface area contributed by atoms with Crippen molar-refractivity contribution >= 4 is 39.8 Å². The minimum Gasteiger partial charge on any atom is -0.492 e. The molecule has 1 heterocycles. The van der Waals surface area contributed by atoms with E-state index in [0.29, 0.717) is 18.0 Å². The fourth-order valence-electron chi connectivity index (χ4n) is 1.65. The molecular formula is C14H18N4O2S2.